The number of methoxy groups -OCH3 is 2. The van der Waals surface area contributed by atoms with E-state index in [1.165, 1.54) is 25.3 Å². The number of aliphatic carboxylic acids is 1. The van der Waals surface area contributed by atoms with E-state index in [2.05, 4.69) is 10.2 Å². The summed E-state index contributed by atoms with van der Waals surface area (Å²) in [5, 5.41) is 13.0. The lowest BCUT2D eigenvalue weighted by Crippen LogP contribution is -2.62. The summed E-state index contributed by atoms with van der Waals surface area (Å²) in [6, 6.07) is 14.0. The predicted octanol–water partition coefficient (Wildman–Crippen LogP) is 5.42. The highest BCUT2D eigenvalue weighted by Gasteiger charge is 2.42. The molecule has 0 aromatic heterocycles. The van der Waals surface area contributed by atoms with Crippen LogP contribution in [0.2, 0.25) is 0 Å². The molecule has 218 valence electrons. The molecule has 8 nitrogen and oxygen atoms in total. The van der Waals surface area contributed by atoms with E-state index in [1.807, 2.05) is 29.2 Å². The average Bonchev–Trinajstić information content (AvgIpc) is 2.96. The van der Waals surface area contributed by atoms with Crippen molar-refractivity contribution >= 4 is 23.0 Å². The summed E-state index contributed by atoms with van der Waals surface area (Å²) < 4.78 is 67.4. The van der Waals surface area contributed by atoms with Crippen molar-refractivity contribution in [3.63, 3.8) is 0 Å². The molecule has 2 aliphatic heterocycles. The number of hydrogen-bond donors (Lipinski definition) is 2. The zero-order chi connectivity index (χ0) is 29.3. The molecule has 0 aliphatic carbocycles. The van der Waals surface area contributed by atoms with E-state index in [1.54, 1.807) is 18.1 Å². The van der Waals surface area contributed by atoms with E-state index >= 15 is 4.39 Å². The first kappa shape index (κ1) is 28.3. The van der Waals surface area contributed by atoms with Crippen molar-refractivity contribution in [2.45, 2.75) is 24.9 Å². The highest BCUT2D eigenvalue weighted by molar-refractivity contribution is 5.74. The maximum Gasteiger partial charge on any atom is 0.416 e. The molecule has 2 N–H and O–H groups in total. The first-order valence-electron chi connectivity index (χ1n) is 13.0. The maximum absolute atomic E-state index is 15.1. The quantitative estimate of drug-likeness (QED) is 0.363. The number of carboxylic acid groups (broad SMARTS) is 1. The summed E-state index contributed by atoms with van der Waals surface area (Å²) in [7, 11) is 2.93. The van der Waals surface area contributed by atoms with E-state index in [4.69, 9.17) is 9.47 Å². The van der Waals surface area contributed by atoms with Crippen LogP contribution < -0.4 is 24.6 Å². The summed E-state index contributed by atoms with van der Waals surface area (Å²) in [6.07, 6.45) is -5.99. The van der Waals surface area contributed by atoms with Crippen LogP contribution in [-0.4, -0.2) is 62.7 Å². The number of piperazine rings is 1. The van der Waals surface area contributed by atoms with Crippen LogP contribution in [0.25, 0.3) is 0 Å². The number of halogens is 4. The lowest BCUT2D eigenvalue weighted by molar-refractivity contribution is -0.138. The summed E-state index contributed by atoms with van der Waals surface area (Å²) in [5.74, 6) is -0.904. The van der Waals surface area contributed by atoms with Crippen LogP contribution in [-0.2, 0) is 11.0 Å². The molecular weight excluding hydrogens is 544 g/mol. The fraction of sp³-hybridized carbons (Fsp3) is 0.345. The van der Waals surface area contributed by atoms with Gasteiger partial charge in [0, 0.05) is 43.5 Å². The lowest BCUT2D eigenvalue weighted by Gasteiger charge is -2.51. The smallest absolute Gasteiger partial charge is 0.416 e. The van der Waals surface area contributed by atoms with E-state index in [0.29, 0.717) is 37.5 Å². The minimum atomic E-state index is -4.64. The molecule has 3 aromatic carbocycles. The third-order valence-electron chi connectivity index (χ3n) is 7.51. The van der Waals surface area contributed by atoms with E-state index in [9.17, 15) is 23.1 Å². The molecule has 1 unspecified atom stereocenters. The van der Waals surface area contributed by atoms with Gasteiger partial charge in [-0.25, -0.2) is 4.39 Å². The summed E-state index contributed by atoms with van der Waals surface area (Å²) in [5.41, 5.74) is 0.557. The normalized spacial score (nSPS) is 19.4. The number of nitrogens with zero attached hydrogens (tertiary/aromatic N) is 3. The Morgan fingerprint density at radius 3 is 2.39 bits per heavy atom. The fourth-order valence-corrected chi connectivity index (χ4v) is 5.53. The van der Waals surface area contributed by atoms with Crippen molar-refractivity contribution in [1.29, 1.82) is 0 Å². The summed E-state index contributed by atoms with van der Waals surface area (Å²) in [4.78, 5) is 17.8. The van der Waals surface area contributed by atoms with Crippen molar-refractivity contribution < 1.29 is 36.9 Å². The third kappa shape index (κ3) is 5.69. The van der Waals surface area contributed by atoms with Gasteiger partial charge >= 0.3 is 12.1 Å². The molecule has 0 bridgehead atoms. The van der Waals surface area contributed by atoms with Crippen LogP contribution in [0.5, 0.6) is 11.5 Å². The van der Waals surface area contributed by atoms with E-state index < -0.39 is 42.3 Å². The number of benzene rings is 3. The van der Waals surface area contributed by atoms with Gasteiger partial charge in [0.25, 0.3) is 0 Å². The number of carboxylic acids is 1. The SMILES string of the molecule is COc1cccc(N2CCN([C@@H]3Nc4c(F)cccc4C(CC(=O)O)N3c3cc(C(F)(F)F)ccc3OC)CC2)c1. The number of rotatable bonds is 7. The van der Waals surface area contributed by atoms with Gasteiger partial charge in [-0.05, 0) is 36.4 Å². The van der Waals surface area contributed by atoms with Crippen molar-refractivity contribution in [3.05, 3.63) is 77.6 Å². The van der Waals surface area contributed by atoms with Crippen LogP contribution in [0.4, 0.5) is 34.6 Å². The summed E-state index contributed by atoms with van der Waals surface area (Å²) >= 11 is 0. The topological polar surface area (TPSA) is 77.5 Å². The Balaban J connectivity index is 1.57. The van der Waals surface area contributed by atoms with Crippen LogP contribution in [0.15, 0.2) is 60.7 Å². The number of alkyl halides is 3. The van der Waals surface area contributed by atoms with Gasteiger partial charge in [0.15, 0.2) is 6.29 Å². The van der Waals surface area contributed by atoms with Crippen LogP contribution in [0, 0.1) is 5.82 Å². The first-order valence-corrected chi connectivity index (χ1v) is 13.0. The molecule has 1 saturated heterocycles. The molecule has 0 amide bonds. The highest BCUT2D eigenvalue weighted by atomic mass is 19.4. The van der Waals surface area contributed by atoms with Crippen molar-refractivity contribution in [2.75, 3.05) is 55.5 Å². The Labute approximate surface area is 234 Å². The number of carbonyl (C=O) groups is 1. The predicted molar refractivity (Wildman–Crippen MR) is 146 cm³/mol. The van der Waals surface area contributed by atoms with E-state index in [0.717, 1.165) is 17.8 Å². The molecule has 1 fully saturated rings. The molecule has 5 rings (SSSR count). The highest BCUT2D eigenvalue weighted by Crippen LogP contribution is 2.46. The monoisotopic (exact) mass is 574 g/mol. The zero-order valence-corrected chi connectivity index (χ0v) is 22.5. The third-order valence-corrected chi connectivity index (χ3v) is 7.51. The Morgan fingerprint density at radius 2 is 1.73 bits per heavy atom. The molecule has 0 saturated carbocycles. The van der Waals surface area contributed by atoms with Gasteiger partial charge in [0.2, 0.25) is 0 Å². The number of para-hydroxylation sites is 1. The number of ether oxygens (including phenoxy) is 2. The average molecular weight is 575 g/mol. The van der Waals surface area contributed by atoms with Crippen molar-refractivity contribution in [2.24, 2.45) is 0 Å². The Hall–Kier alpha value is -4.19. The standard InChI is InChI=1S/C29H30F4N4O4/c1-40-20-6-3-5-19(16-20)35-11-13-36(14-12-35)28-34-27-21(7-4-8-22(27)30)23(17-26(38)39)37(28)24-15-18(29(31,32)33)9-10-25(24)41-2/h3-10,15-16,23,28,34H,11-14,17H2,1-2H3,(H,38,39)/t23?,28-/m0/s1. The Bertz CT molecular complexity index is 1410. The molecule has 0 radical (unpaired) electrons. The molecule has 12 heteroatoms. The van der Waals surface area contributed by atoms with Crippen molar-refractivity contribution in [3.8, 4) is 11.5 Å². The number of fused-ring (bicyclic) bond motifs is 1. The minimum absolute atomic E-state index is 0.0520. The summed E-state index contributed by atoms with van der Waals surface area (Å²) in [6.45, 7) is 2.03. The van der Waals surface area contributed by atoms with Gasteiger partial charge in [-0.2, -0.15) is 13.2 Å². The van der Waals surface area contributed by atoms with Gasteiger partial charge in [-0.15, -0.1) is 0 Å². The second-order valence-corrected chi connectivity index (χ2v) is 9.85. The van der Waals surface area contributed by atoms with Gasteiger partial charge in [-0.1, -0.05) is 18.2 Å². The van der Waals surface area contributed by atoms with Gasteiger partial charge in [-0.3, -0.25) is 9.69 Å². The molecule has 0 spiro atoms. The van der Waals surface area contributed by atoms with Gasteiger partial charge in [0.05, 0.1) is 43.6 Å². The zero-order valence-electron chi connectivity index (χ0n) is 22.5. The van der Waals surface area contributed by atoms with Crippen LogP contribution in [0.3, 0.4) is 0 Å². The fourth-order valence-electron chi connectivity index (χ4n) is 5.53. The van der Waals surface area contributed by atoms with Gasteiger partial charge < -0.3 is 29.7 Å². The van der Waals surface area contributed by atoms with Gasteiger partial charge in [0.1, 0.15) is 17.3 Å². The Morgan fingerprint density at radius 1 is 1.00 bits per heavy atom. The van der Waals surface area contributed by atoms with Crippen molar-refractivity contribution in [1.82, 2.24) is 4.90 Å². The number of anilines is 3. The minimum Gasteiger partial charge on any atom is -0.497 e. The van der Waals surface area contributed by atoms with Crippen LogP contribution >= 0.6 is 0 Å². The second kappa shape index (κ2) is 11.4. The molecular formula is C29H30F4N4O4. The number of nitrogens with one attached hydrogen (secondary N) is 1. The van der Waals surface area contributed by atoms with E-state index in [-0.39, 0.29) is 17.1 Å². The largest absolute Gasteiger partial charge is 0.497 e. The lowest BCUT2D eigenvalue weighted by atomic mass is 9.95. The second-order valence-electron chi connectivity index (χ2n) is 9.85. The Kier molecular flexibility index (Phi) is 7.85. The number of hydrogen-bond acceptors (Lipinski definition) is 7. The molecule has 2 aliphatic rings. The maximum atomic E-state index is 15.1. The first-order chi connectivity index (χ1) is 19.6. The molecule has 2 heterocycles. The van der Waals surface area contributed by atoms with Crippen LogP contribution in [0.1, 0.15) is 23.6 Å². The molecule has 41 heavy (non-hydrogen) atoms. The molecule has 3 aromatic rings. The molecule has 2 atom stereocenters.